The second kappa shape index (κ2) is 45.0. The van der Waals surface area contributed by atoms with Crippen LogP contribution in [0.25, 0.3) is 0 Å². The normalized spacial score (nSPS) is 14.6. The monoisotopic (exact) mass is 929 g/mol. The molecule has 3 unspecified atom stereocenters. The molecule has 1 N–H and O–H groups in total. The summed E-state index contributed by atoms with van der Waals surface area (Å²) in [7, 11) is 1.14. The SMILES string of the molecule is CC/C=C\C/C=C\C/C=C\C/C=C\C/C=C\CCCC(=O)OC(/C=C\CCCCCCCCCCC)C(COP(=O)([O-])OCC[N+](C)(C)C)NC(=O)CCCCCCC/C=C\CCCC. The highest BCUT2D eigenvalue weighted by Gasteiger charge is 2.27. The van der Waals surface area contributed by atoms with Crippen molar-refractivity contribution in [3.05, 3.63) is 85.1 Å². The molecule has 0 aliphatic rings. The molecule has 0 saturated carbocycles. The van der Waals surface area contributed by atoms with Crippen LogP contribution in [0.5, 0.6) is 0 Å². The van der Waals surface area contributed by atoms with Gasteiger partial charge in [-0.3, -0.25) is 14.2 Å². The van der Waals surface area contributed by atoms with Gasteiger partial charge in [-0.15, -0.1) is 0 Å². The zero-order valence-electron chi connectivity index (χ0n) is 42.4. The summed E-state index contributed by atoms with van der Waals surface area (Å²) in [5.74, 6) is -0.630. The van der Waals surface area contributed by atoms with Crippen LogP contribution in [0.4, 0.5) is 0 Å². The molecule has 0 aromatic rings. The van der Waals surface area contributed by atoms with E-state index in [4.69, 9.17) is 13.8 Å². The molecule has 3 atom stereocenters. The smallest absolute Gasteiger partial charge is 0.306 e. The lowest BCUT2D eigenvalue weighted by atomic mass is 10.1. The molecule has 0 bridgehead atoms. The molecule has 0 fully saturated rings. The van der Waals surface area contributed by atoms with Crippen molar-refractivity contribution in [2.24, 2.45) is 0 Å². The van der Waals surface area contributed by atoms with Crippen molar-refractivity contribution in [3.63, 3.8) is 0 Å². The van der Waals surface area contributed by atoms with E-state index in [9.17, 15) is 19.0 Å². The van der Waals surface area contributed by atoms with Crippen molar-refractivity contribution in [1.82, 2.24) is 5.32 Å². The Morgan fingerprint density at radius 1 is 0.554 bits per heavy atom. The Bertz CT molecular complexity index is 1390. The topological polar surface area (TPSA) is 114 Å². The van der Waals surface area contributed by atoms with Crippen LogP contribution in [0, 0.1) is 0 Å². The van der Waals surface area contributed by atoms with E-state index in [1.165, 1.54) is 57.8 Å². The predicted molar refractivity (Wildman–Crippen MR) is 274 cm³/mol. The Labute approximate surface area is 399 Å². The third-order valence-electron chi connectivity index (χ3n) is 10.8. The van der Waals surface area contributed by atoms with Crippen LogP contribution >= 0.6 is 7.82 Å². The summed E-state index contributed by atoms with van der Waals surface area (Å²) in [6.45, 7) is 6.60. The zero-order valence-corrected chi connectivity index (χ0v) is 43.3. The Hall–Kier alpha value is -2.81. The number of allylic oxidation sites excluding steroid dienone is 13. The van der Waals surface area contributed by atoms with Gasteiger partial charge in [-0.2, -0.15) is 0 Å². The molecule has 0 heterocycles. The average molecular weight is 929 g/mol. The van der Waals surface area contributed by atoms with Gasteiger partial charge in [0.2, 0.25) is 5.91 Å². The summed E-state index contributed by atoms with van der Waals surface area (Å²) in [4.78, 5) is 39.6. The number of quaternary nitrogens is 1. The van der Waals surface area contributed by atoms with Gasteiger partial charge >= 0.3 is 5.97 Å². The maximum absolute atomic E-state index is 13.4. The van der Waals surface area contributed by atoms with Crippen LogP contribution < -0.4 is 10.2 Å². The molecular weight excluding hydrogens is 832 g/mol. The van der Waals surface area contributed by atoms with E-state index in [2.05, 4.69) is 99.0 Å². The molecule has 0 saturated heterocycles. The Morgan fingerprint density at radius 2 is 1.02 bits per heavy atom. The van der Waals surface area contributed by atoms with Crippen molar-refractivity contribution < 1.29 is 37.3 Å². The third kappa shape index (κ3) is 46.1. The number of rotatable bonds is 45. The van der Waals surface area contributed by atoms with E-state index in [0.717, 1.165) is 96.3 Å². The van der Waals surface area contributed by atoms with Crippen molar-refractivity contribution >= 4 is 19.7 Å². The Kier molecular flexibility index (Phi) is 43.1. The molecule has 65 heavy (non-hydrogen) atoms. The van der Waals surface area contributed by atoms with Crippen LogP contribution in [0.3, 0.4) is 0 Å². The minimum absolute atomic E-state index is 0.0363. The van der Waals surface area contributed by atoms with Crippen LogP contribution in [-0.2, 0) is 27.9 Å². The van der Waals surface area contributed by atoms with Crippen molar-refractivity contribution in [2.45, 2.75) is 213 Å². The second-order valence-electron chi connectivity index (χ2n) is 18.3. The van der Waals surface area contributed by atoms with Gasteiger partial charge in [-0.05, 0) is 89.5 Å². The molecule has 0 radical (unpaired) electrons. The highest BCUT2D eigenvalue weighted by Crippen LogP contribution is 2.38. The molecule has 0 spiro atoms. The first-order valence-corrected chi connectivity index (χ1v) is 27.4. The minimum atomic E-state index is -4.70. The number of carbonyl (C=O) groups is 2. The minimum Gasteiger partial charge on any atom is -0.756 e. The zero-order chi connectivity index (χ0) is 48.0. The largest absolute Gasteiger partial charge is 0.756 e. The third-order valence-corrected chi connectivity index (χ3v) is 11.8. The van der Waals surface area contributed by atoms with Crippen molar-refractivity contribution in [1.29, 1.82) is 0 Å². The number of phosphoric acid groups is 1. The number of nitrogens with zero attached hydrogens (tertiary/aromatic N) is 1. The van der Waals surface area contributed by atoms with E-state index in [1.54, 1.807) is 6.08 Å². The number of hydrogen-bond donors (Lipinski definition) is 1. The lowest BCUT2D eigenvalue weighted by Gasteiger charge is -2.30. The number of ether oxygens (including phenoxy) is 1. The highest BCUT2D eigenvalue weighted by molar-refractivity contribution is 7.45. The average Bonchev–Trinajstić information content (AvgIpc) is 3.26. The van der Waals surface area contributed by atoms with E-state index in [1.807, 2.05) is 27.2 Å². The molecule has 0 rings (SSSR count). The number of amides is 1. The second-order valence-corrected chi connectivity index (χ2v) is 19.7. The van der Waals surface area contributed by atoms with Crippen LogP contribution in [0.1, 0.15) is 201 Å². The van der Waals surface area contributed by atoms with Gasteiger partial charge in [-0.1, -0.05) is 183 Å². The Morgan fingerprint density at radius 3 is 1.57 bits per heavy atom. The van der Waals surface area contributed by atoms with Gasteiger partial charge in [0.25, 0.3) is 7.82 Å². The lowest BCUT2D eigenvalue weighted by molar-refractivity contribution is -0.870. The molecule has 0 aromatic carbocycles. The summed E-state index contributed by atoms with van der Waals surface area (Å²) >= 11 is 0. The van der Waals surface area contributed by atoms with E-state index in [-0.39, 0.29) is 18.9 Å². The van der Waals surface area contributed by atoms with E-state index >= 15 is 0 Å². The predicted octanol–water partition coefficient (Wildman–Crippen LogP) is 14.5. The molecule has 0 aliphatic heterocycles. The number of esters is 1. The first-order chi connectivity index (χ1) is 31.4. The summed E-state index contributed by atoms with van der Waals surface area (Å²) in [6, 6.07) is -0.916. The maximum atomic E-state index is 13.4. The van der Waals surface area contributed by atoms with Gasteiger partial charge in [0, 0.05) is 12.8 Å². The Balaban J connectivity index is 5.51. The van der Waals surface area contributed by atoms with Crippen LogP contribution in [0.15, 0.2) is 85.1 Å². The number of hydrogen-bond acceptors (Lipinski definition) is 7. The fourth-order valence-corrected chi connectivity index (χ4v) is 7.49. The maximum Gasteiger partial charge on any atom is 0.306 e. The number of phosphoric ester groups is 1. The summed E-state index contributed by atoms with van der Waals surface area (Å²) in [5, 5.41) is 2.98. The number of likely N-dealkylation sites (N-methyl/N-ethyl adjacent to an activating group) is 1. The van der Waals surface area contributed by atoms with Crippen LogP contribution in [0.2, 0.25) is 0 Å². The fraction of sp³-hybridized carbons (Fsp3) is 0.709. The van der Waals surface area contributed by atoms with Crippen molar-refractivity contribution in [3.8, 4) is 0 Å². The first kappa shape index (κ1) is 62.2. The van der Waals surface area contributed by atoms with Gasteiger partial charge < -0.3 is 28.5 Å². The summed E-state index contributed by atoms with van der Waals surface area (Å²) in [5.41, 5.74) is 0. The van der Waals surface area contributed by atoms with E-state index < -0.39 is 32.5 Å². The number of carbonyl (C=O) groups excluding carboxylic acids is 2. The van der Waals surface area contributed by atoms with E-state index in [0.29, 0.717) is 30.3 Å². The first-order valence-electron chi connectivity index (χ1n) is 25.9. The van der Waals surface area contributed by atoms with Gasteiger partial charge in [-0.25, -0.2) is 0 Å². The molecular formula is C55H97N2O7P. The number of unbranched alkanes of at least 4 members (excludes halogenated alkanes) is 17. The fourth-order valence-electron chi connectivity index (χ4n) is 6.77. The number of nitrogens with one attached hydrogen (secondary N) is 1. The molecule has 1 amide bonds. The standard InChI is InChI=1S/C55H97N2O7P/c1-7-10-13-16-19-22-25-26-27-28-29-30-33-36-39-42-45-48-55(59)64-53(46-43-40-37-34-31-23-20-17-14-11-8-2)52(51-63-65(60,61)62-50-49-57(4,5)6)56-54(58)47-44-41-38-35-32-24-21-18-15-12-9-3/h10,13,18-19,21-22,26-27,29-30,36,39,43,46,52-53H,7-9,11-12,14-17,20,23-25,28,31-35,37-38,40-42,44-45,47-51H2,1-6H3,(H-,56,58,60,61)/b13-10-,21-18-,22-19-,27-26-,30-29-,39-36-,46-43-. The van der Waals surface area contributed by atoms with Gasteiger partial charge in [0.1, 0.15) is 19.3 Å². The molecule has 10 heteroatoms. The molecule has 0 aliphatic carbocycles. The van der Waals surface area contributed by atoms with Gasteiger partial charge in [0.05, 0.1) is 33.8 Å². The lowest BCUT2D eigenvalue weighted by Crippen LogP contribution is -2.47. The van der Waals surface area contributed by atoms with Gasteiger partial charge in [0.15, 0.2) is 0 Å². The molecule has 9 nitrogen and oxygen atoms in total. The molecule has 0 aromatic heterocycles. The summed E-state index contributed by atoms with van der Waals surface area (Å²) < 4.78 is 30.0. The highest BCUT2D eigenvalue weighted by atomic mass is 31.2. The summed E-state index contributed by atoms with van der Waals surface area (Å²) in [6.07, 6.45) is 57.0. The van der Waals surface area contributed by atoms with Crippen molar-refractivity contribution in [2.75, 3.05) is 40.9 Å². The quantitative estimate of drug-likeness (QED) is 0.0213. The molecule has 374 valence electrons. The van der Waals surface area contributed by atoms with Crippen LogP contribution in [-0.4, -0.2) is 69.4 Å².